The lowest BCUT2D eigenvalue weighted by Gasteiger charge is -2.24. The number of amides is 1. The summed E-state index contributed by atoms with van der Waals surface area (Å²) in [5.74, 6) is 0.136. The molecule has 128 valence electrons. The van der Waals surface area contributed by atoms with Gasteiger partial charge < -0.3 is 14.7 Å². The van der Waals surface area contributed by atoms with Gasteiger partial charge in [-0.3, -0.25) is 4.79 Å². The summed E-state index contributed by atoms with van der Waals surface area (Å²) in [6, 6.07) is 15.9. The summed E-state index contributed by atoms with van der Waals surface area (Å²) in [6.07, 6.45) is 0.304. The first-order chi connectivity index (χ1) is 12.1. The van der Waals surface area contributed by atoms with Crippen LogP contribution in [0.4, 0.5) is 0 Å². The standard InChI is InChI=1S/C20H20N2O3/c1-3-10-22(14-16-7-4-6-15(11-16)13-21)20(24)19(23)17-8-5-9-18(12-17)25-2/h3-9,11-12,19,23H,1,10,14H2,2H3. The third-order valence-corrected chi connectivity index (χ3v) is 3.73. The molecule has 5 nitrogen and oxygen atoms in total. The van der Waals surface area contributed by atoms with Crippen LogP contribution in [0.1, 0.15) is 22.8 Å². The number of carbonyl (C=O) groups excluding carboxylic acids is 1. The van der Waals surface area contributed by atoms with Crippen molar-refractivity contribution in [2.75, 3.05) is 13.7 Å². The van der Waals surface area contributed by atoms with Gasteiger partial charge in [-0.25, -0.2) is 0 Å². The molecule has 0 aliphatic carbocycles. The minimum absolute atomic E-state index is 0.279. The van der Waals surface area contributed by atoms with Gasteiger partial charge in [0.25, 0.3) is 5.91 Å². The molecule has 0 bridgehead atoms. The summed E-state index contributed by atoms with van der Waals surface area (Å²) in [5.41, 5.74) is 1.80. The van der Waals surface area contributed by atoms with Gasteiger partial charge in [0.15, 0.2) is 6.10 Å². The van der Waals surface area contributed by atoms with Gasteiger partial charge in [-0.2, -0.15) is 5.26 Å². The summed E-state index contributed by atoms with van der Waals surface area (Å²) in [7, 11) is 1.53. The molecule has 0 aliphatic heterocycles. The van der Waals surface area contributed by atoms with Crippen LogP contribution in [0.15, 0.2) is 61.2 Å². The smallest absolute Gasteiger partial charge is 0.256 e. The average molecular weight is 336 g/mol. The molecule has 0 aromatic heterocycles. The molecular weight excluding hydrogens is 316 g/mol. The van der Waals surface area contributed by atoms with E-state index in [-0.39, 0.29) is 13.1 Å². The van der Waals surface area contributed by atoms with Crippen molar-refractivity contribution in [2.24, 2.45) is 0 Å². The number of nitrogens with zero attached hydrogens (tertiary/aromatic N) is 2. The van der Waals surface area contributed by atoms with Crippen LogP contribution in [-0.4, -0.2) is 29.6 Å². The van der Waals surface area contributed by atoms with Crippen LogP contribution in [0.5, 0.6) is 5.75 Å². The van der Waals surface area contributed by atoms with Gasteiger partial charge in [-0.15, -0.1) is 6.58 Å². The molecule has 0 heterocycles. The van der Waals surface area contributed by atoms with Gasteiger partial charge in [0.05, 0.1) is 18.7 Å². The Kier molecular flexibility index (Phi) is 6.33. The van der Waals surface area contributed by atoms with E-state index in [0.717, 1.165) is 5.56 Å². The van der Waals surface area contributed by atoms with E-state index in [1.165, 1.54) is 12.0 Å². The van der Waals surface area contributed by atoms with Crippen LogP contribution in [0.25, 0.3) is 0 Å². The number of carbonyl (C=O) groups is 1. The van der Waals surface area contributed by atoms with E-state index in [0.29, 0.717) is 16.9 Å². The van der Waals surface area contributed by atoms with E-state index in [1.807, 2.05) is 6.07 Å². The second-order valence-corrected chi connectivity index (χ2v) is 5.50. The Labute approximate surface area is 147 Å². The molecule has 0 saturated heterocycles. The Morgan fingerprint density at radius 2 is 2.12 bits per heavy atom. The maximum absolute atomic E-state index is 12.7. The van der Waals surface area contributed by atoms with Crippen LogP contribution in [0.2, 0.25) is 0 Å². The molecule has 25 heavy (non-hydrogen) atoms. The number of aliphatic hydroxyl groups is 1. The summed E-state index contributed by atoms with van der Waals surface area (Å²) >= 11 is 0. The highest BCUT2D eigenvalue weighted by Gasteiger charge is 2.23. The quantitative estimate of drug-likeness (QED) is 0.789. The van der Waals surface area contributed by atoms with Crippen LogP contribution >= 0.6 is 0 Å². The van der Waals surface area contributed by atoms with Crippen molar-refractivity contribution in [3.8, 4) is 11.8 Å². The lowest BCUT2D eigenvalue weighted by molar-refractivity contribution is -0.140. The second kappa shape index (κ2) is 8.67. The van der Waals surface area contributed by atoms with Crippen molar-refractivity contribution in [1.29, 1.82) is 5.26 Å². The number of nitriles is 1. The van der Waals surface area contributed by atoms with Gasteiger partial charge in [-0.05, 0) is 35.4 Å². The van der Waals surface area contributed by atoms with E-state index in [9.17, 15) is 9.90 Å². The van der Waals surface area contributed by atoms with Crippen molar-refractivity contribution in [3.05, 3.63) is 77.9 Å². The van der Waals surface area contributed by atoms with E-state index >= 15 is 0 Å². The molecule has 0 saturated carbocycles. The maximum atomic E-state index is 12.7. The molecule has 1 unspecified atom stereocenters. The third kappa shape index (κ3) is 4.69. The van der Waals surface area contributed by atoms with Crippen LogP contribution in [-0.2, 0) is 11.3 Å². The van der Waals surface area contributed by atoms with Crippen molar-refractivity contribution in [3.63, 3.8) is 0 Å². The number of ether oxygens (including phenoxy) is 1. The van der Waals surface area contributed by atoms with Crippen molar-refractivity contribution >= 4 is 5.91 Å². The Balaban J connectivity index is 2.21. The van der Waals surface area contributed by atoms with Crippen LogP contribution < -0.4 is 4.74 Å². The average Bonchev–Trinajstić information content (AvgIpc) is 2.66. The molecule has 2 rings (SSSR count). The number of hydrogen-bond acceptors (Lipinski definition) is 4. The fourth-order valence-electron chi connectivity index (χ4n) is 2.48. The lowest BCUT2D eigenvalue weighted by atomic mass is 10.1. The van der Waals surface area contributed by atoms with Gasteiger partial charge >= 0.3 is 0 Å². The SMILES string of the molecule is C=CCN(Cc1cccc(C#N)c1)C(=O)C(O)c1cccc(OC)c1. The van der Waals surface area contributed by atoms with Gasteiger partial charge in [-0.1, -0.05) is 30.3 Å². The second-order valence-electron chi connectivity index (χ2n) is 5.50. The number of hydrogen-bond donors (Lipinski definition) is 1. The monoisotopic (exact) mass is 336 g/mol. The minimum atomic E-state index is -1.30. The highest BCUT2D eigenvalue weighted by Crippen LogP contribution is 2.22. The van der Waals surface area contributed by atoms with Crippen molar-refractivity contribution in [2.45, 2.75) is 12.6 Å². The third-order valence-electron chi connectivity index (χ3n) is 3.73. The topological polar surface area (TPSA) is 73.6 Å². The highest BCUT2D eigenvalue weighted by molar-refractivity contribution is 5.82. The first kappa shape index (κ1) is 18.2. The Hall–Kier alpha value is -3.10. The number of aliphatic hydroxyl groups excluding tert-OH is 1. The zero-order chi connectivity index (χ0) is 18.2. The molecule has 0 spiro atoms. The number of benzene rings is 2. The fourth-order valence-corrected chi connectivity index (χ4v) is 2.48. The van der Waals surface area contributed by atoms with Gasteiger partial charge in [0, 0.05) is 13.1 Å². The first-order valence-corrected chi connectivity index (χ1v) is 7.79. The molecule has 2 aromatic rings. The molecule has 0 radical (unpaired) electrons. The predicted octanol–water partition coefficient (Wildman–Crippen LogP) is 2.82. The molecule has 2 aromatic carbocycles. The Morgan fingerprint density at radius 3 is 2.80 bits per heavy atom. The fraction of sp³-hybridized carbons (Fsp3) is 0.200. The summed E-state index contributed by atoms with van der Waals surface area (Å²) < 4.78 is 5.13. The van der Waals surface area contributed by atoms with Crippen molar-refractivity contribution in [1.82, 2.24) is 4.90 Å². The predicted molar refractivity (Wildman–Crippen MR) is 94.7 cm³/mol. The molecule has 0 fully saturated rings. The maximum Gasteiger partial charge on any atom is 0.256 e. The van der Waals surface area contributed by atoms with Gasteiger partial charge in [0.1, 0.15) is 5.75 Å². The van der Waals surface area contributed by atoms with Crippen LogP contribution in [0.3, 0.4) is 0 Å². The normalized spacial score (nSPS) is 11.2. The molecule has 1 N–H and O–H groups in total. The van der Waals surface area contributed by atoms with E-state index in [4.69, 9.17) is 10.00 Å². The summed E-state index contributed by atoms with van der Waals surface area (Å²) in [4.78, 5) is 14.2. The molecule has 5 heteroatoms. The zero-order valence-corrected chi connectivity index (χ0v) is 14.1. The van der Waals surface area contributed by atoms with E-state index in [2.05, 4.69) is 12.6 Å². The van der Waals surface area contributed by atoms with E-state index in [1.54, 1.807) is 48.5 Å². The zero-order valence-electron chi connectivity index (χ0n) is 14.1. The first-order valence-electron chi connectivity index (χ1n) is 7.79. The molecular formula is C20H20N2O3. The highest BCUT2D eigenvalue weighted by atomic mass is 16.5. The molecule has 1 amide bonds. The largest absolute Gasteiger partial charge is 0.497 e. The summed E-state index contributed by atoms with van der Waals surface area (Å²) in [6.45, 7) is 4.24. The number of rotatable bonds is 7. The molecule has 1 atom stereocenters. The minimum Gasteiger partial charge on any atom is -0.497 e. The Bertz CT molecular complexity index is 796. The summed E-state index contributed by atoms with van der Waals surface area (Å²) in [5, 5.41) is 19.4. The van der Waals surface area contributed by atoms with Crippen molar-refractivity contribution < 1.29 is 14.6 Å². The number of methoxy groups -OCH3 is 1. The molecule has 0 aliphatic rings. The van der Waals surface area contributed by atoms with Crippen LogP contribution in [0, 0.1) is 11.3 Å². The Morgan fingerprint density at radius 1 is 1.36 bits per heavy atom. The lowest BCUT2D eigenvalue weighted by Crippen LogP contribution is -2.35. The van der Waals surface area contributed by atoms with Gasteiger partial charge in [0.2, 0.25) is 0 Å². The van der Waals surface area contributed by atoms with E-state index < -0.39 is 12.0 Å².